The van der Waals surface area contributed by atoms with Crippen LogP contribution in [0.5, 0.6) is 0 Å². The summed E-state index contributed by atoms with van der Waals surface area (Å²) in [6, 6.07) is 4.05. The van der Waals surface area contributed by atoms with Crippen LogP contribution in [0.2, 0.25) is 0 Å². The molecule has 0 radical (unpaired) electrons. The minimum Gasteiger partial charge on any atom is -0.206 e. The van der Waals surface area contributed by atoms with Crippen LogP contribution in [0.3, 0.4) is 0 Å². The summed E-state index contributed by atoms with van der Waals surface area (Å²) in [4.78, 5) is 2.86. The normalized spacial score (nSPS) is 28.3. The Labute approximate surface area is 140 Å². The third-order valence-corrected chi connectivity index (χ3v) is 8.62. The summed E-state index contributed by atoms with van der Waals surface area (Å²) >= 11 is 1.40. The van der Waals surface area contributed by atoms with Gasteiger partial charge < -0.3 is 0 Å². The Morgan fingerprint density at radius 3 is 2.35 bits per heavy atom. The number of fused-ring (bicyclic) bond motifs is 2. The fourth-order valence-corrected chi connectivity index (χ4v) is 7.18. The Morgan fingerprint density at radius 1 is 1.13 bits per heavy atom. The minimum absolute atomic E-state index is 0.0712. The van der Waals surface area contributed by atoms with E-state index in [2.05, 4.69) is 17.1 Å². The van der Waals surface area contributed by atoms with Crippen LogP contribution in [-0.2, 0) is 16.4 Å². The summed E-state index contributed by atoms with van der Waals surface area (Å²) in [6.07, 6.45) is 7.72. The Bertz CT molecular complexity index is 770. The van der Waals surface area contributed by atoms with E-state index in [1.54, 1.807) is 27.6 Å². The molecule has 2 aliphatic heterocycles. The van der Waals surface area contributed by atoms with Crippen molar-refractivity contribution in [2.75, 3.05) is 0 Å². The van der Waals surface area contributed by atoms with Crippen LogP contribution in [-0.4, -0.2) is 39.8 Å². The van der Waals surface area contributed by atoms with Gasteiger partial charge in [-0.15, -0.1) is 11.3 Å². The molecule has 2 saturated heterocycles. The molecule has 0 aliphatic carbocycles. The Hall–Kier alpha value is -1.25. The third-order valence-electron chi connectivity index (χ3n) is 4.92. The van der Waals surface area contributed by atoms with Crippen LogP contribution < -0.4 is 0 Å². The van der Waals surface area contributed by atoms with Crippen LogP contribution in [0, 0.1) is 0 Å². The van der Waals surface area contributed by atoms with E-state index in [0.29, 0.717) is 4.21 Å². The lowest BCUT2D eigenvalue weighted by atomic mass is 10.0. The van der Waals surface area contributed by atoms with Crippen molar-refractivity contribution in [3.8, 4) is 0 Å². The van der Waals surface area contributed by atoms with Gasteiger partial charge in [-0.3, -0.25) is 0 Å². The molecule has 2 atom stereocenters. The van der Waals surface area contributed by atoms with Crippen LogP contribution >= 0.6 is 11.3 Å². The predicted octanol–water partition coefficient (Wildman–Crippen LogP) is 2.46. The van der Waals surface area contributed by atoms with Gasteiger partial charge in [-0.1, -0.05) is 6.92 Å². The highest BCUT2D eigenvalue weighted by Gasteiger charge is 2.48. The summed E-state index contributed by atoms with van der Waals surface area (Å²) in [6.45, 7) is 2.05. The van der Waals surface area contributed by atoms with Gasteiger partial charge >= 0.3 is 0 Å². The first-order valence-corrected chi connectivity index (χ1v) is 10.3. The van der Waals surface area contributed by atoms with Gasteiger partial charge in [0, 0.05) is 17.0 Å². The lowest BCUT2D eigenvalue weighted by Crippen LogP contribution is -2.46. The number of thiophene rings is 1. The molecule has 2 aliphatic rings. The summed E-state index contributed by atoms with van der Waals surface area (Å²) in [5.74, 6) is 0. The SMILES string of the molecule is CCc1ccc(S(=O)(=O)N2C3CCC2CC(n2nccn2)C3)s1. The number of sulfonamides is 1. The smallest absolute Gasteiger partial charge is 0.206 e. The predicted molar refractivity (Wildman–Crippen MR) is 87.8 cm³/mol. The van der Waals surface area contributed by atoms with E-state index in [-0.39, 0.29) is 18.1 Å². The van der Waals surface area contributed by atoms with Crippen molar-refractivity contribution < 1.29 is 8.42 Å². The van der Waals surface area contributed by atoms with Crippen LogP contribution in [0.1, 0.15) is 43.5 Å². The monoisotopic (exact) mass is 352 g/mol. The van der Waals surface area contributed by atoms with Gasteiger partial charge in [0.1, 0.15) is 4.21 Å². The maximum Gasteiger partial charge on any atom is 0.253 e. The molecule has 124 valence electrons. The molecule has 0 aromatic carbocycles. The van der Waals surface area contributed by atoms with Crippen molar-refractivity contribution in [1.82, 2.24) is 19.3 Å². The molecule has 23 heavy (non-hydrogen) atoms. The molecular weight excluding hydrogens is 332 g/mol. The molecule has 4 rings (SSSR count). The van der Waals surface area contributed by atoms with Crippen molar-refractivity contribution in [3.63, 3.8) is 0 Å². The maximum absolute atomic E-state index is 13.1. The molecule has 4 heterocycles. The molecule has 2 aromatic rings. The summed E-state index contributed by atoms with van der Waals surface area (Å²) in [7, 11) is -3.38. The first-order valence-electron chi connectivity index (χ1n) is 8.07. The fraction of sp³-hybridized carbons (Fsp3) is 0.600. The average Bonchev–Trinajstić information content (AvgIpc) is 3.26. The second-order valence-corrected chi connectivity index (χ2v) is 9.51. The molecule has 0 amide bonds. The summed E-state index contributed by atoms with van der Waals surface area (Å²) in [5.41, 5.74) is 0. The van der Waals surface area contributed by atoms with Gasteiger partial charge in [0.2, 0.25) is 0 Å². The first-order chi connectivity index (χ1) is 11.1. The topological polar surface area (TPSA) is 68.1 Å². The molecule has 0 saturated carbocycles. The standard InChI is InChI=1S/C15H20N4O2S2/c1-2-14-5-6-15(22-14)23(20,21)18-11-3-4-12(18)10-13(9-11)19-16-7-8-17-19/h5-8,11-13H,2-4,9-10H2,1H3. The average molecular weight is 352 g/mol. The second kappa shape index (κ2) is 5.68. The highest BCUT2D eigenvalue weighted by molar-refractivity contribution is 7.91. The number of aromatic nitrogens is 3. The zero-order valence-electron chi connectivity index (χ0n) is 13.0. The lowest BCUT2D eigenvalue weighted by molar-refractivity contribution is 0.175. The number of piperidine rings is 1. The maximum atomic E-state index is 13.1. The molecule has 2 aromatic heterocycles. The molecule has 6 nitrogen and oxygen atoms in total. The van der Waals surface area contributed by atoms with E-state index < -0.39 is 10.0 Å². The molecule has 0 N–H and O–H groups in total. The Kier molecular flexibility index (Phi) is 3.78. The molecule has 2 bridgehead atoms. The number of hydrogen-bond donors (Lipinski definition) is 0. The highest BCUT2D eigenvalue weighted by Crippen LogP contribution is 2.44. The molecule has 8 heteroatoms. The molecule has 2 fully saturated rings. The van der Waals surface area contributed by atoms with Crippen LogP contribution in [0.25, 0.3) is 0 Å². The quantitative estimate of drug-likeness (QED) is 0.848. The van der Waals surface area contributed by atoms with Crippen molar-refractivity contribution in [2.24, 2.45) is 0 Å². The van der Waals surface area contributed by atoms with Crippen molar-refractivity contribution in [3.05, 3.63) is 29.4 Å². The number of hydrogen-bond acceptors (Lipinski definition) is 5. The van der Waals surface area contributed by atoms with Crippen molar-refractivity contribution >= 4 is 21.4 Å². The van der Waals surface area contributed by atoms with Gasteiger partial charge in [0.05, 0.1) is 18.4 Å². The summed E-state index contributed by atoms with van der Waals surface area (Å²) in [5, 5.41) is 8.47. The van der Waals surface area contributed by atoms with Gasteiger partial charge in [-0.2, -0.15) is 19.3 Å². The van der Waals surface area contributed by atoms with Gasteiger partial charge in [-0.05, 0) is 44.2 Å². The zero-order chi connectivity index (χ0) is 16.0. The largest absolute Gasteiger partial charge is 0.253 e. The van der Waals surface area contributed by atoms with E-state index >= 15 is 0 Å². The Balaban J connectivity index is 1.61. The number of nitrogens with zero attached hydrogens (tertiary/aromatic N) is 4. The van der Waals surface area contributed by atoms with Crippen molar-refractivity contribution in [2.45, 2.75) is 61.4 Å². The zero-order valence-corrected chi connectivity index (χ0v) is 14.6. The fourth-order valence-electron chi connectivity index (χ4n) is 3.89. The lowest BCUT2D eigenvalue weighted by Gasteiger charge is -2.37. The van der Waals surface area contributed by atoms with Gasteiger partial charge in [0.25, 0.3) is 10.0 Å². The van der Waals surface area contributed by atoms with E-state index in [4.69, 9.17) is 0 Å². The molecule has 0 spiro atoms. The highest BCUT2D eigenvalue weighted by atomic mass is 32.2. The van der Waals surface area contributed by atoms with E-state index in [9.17, 15) is 8.42 Å². The second-order valence-electron chi connectivity index (χ2n) is 6.27. The Morgan fingerprint density at radius 2 is 1.78 bits per heavy atom. The van der Waals surface area contributed by atoms with E-state index in [0.717, 1.165) is 37.0 Å². The van der Waals surface area contributed by atoms with Crippen molar-refractivity contribution in [1.29, 1.82) is 0 Å². The number of rotatable bonds is 4. The van der Waals surface area contributed by atoms with Gasteiger partial charge in [0.15, 0.2) is 0 Å². The van der Waals surface area contributed by atoms with Crippen LogP contribution in [0.15, 0.2) is 28.7 Å². The van der Waals surface area contributed by atoms with Crippen LogP contribution in [0.4, 0.5) is 0 Å². The summed E-state index contributed by atoms with van der Waals surface area (Å²) < 4.78 is 28.4. The van der Waals surface area contributed by atoms with E-state index in [1.165, 1.54) is 11.3 Å². The molecule has 2 unspecified atom stereocenters. The minimum atomic E-state index is -3.38. The van der Waals surface area contributed by atoms with Gasteiger partial charge in [-0.25, -0.2) is 8.42 Å². The number of aryl methyl sites for hydroxylation is 1. The first kappa shape index (κ1) is 15.3. The third kappa shape index (κ3) is 2.53. The molecular formula is C15H20N4O2S2. The van der Waals surface area contributed by atoms with E-state index in [1.807, 2.05) is 6.07 Å².